The fraction of sp³-hybridized carbons (Fsp3) is 0.0221. The number of hydrogen-bond acceptors (Lipinski definition) is 9. The van der Waals surface area contributed by atoms with E-state index in [9.17, 15) is 0 Å². The molecule has 3 heterocycles. The summed E-state index contributed by atoms with van der Waals surface area (Å²) >= 11 is 0. The van der Waals surface area contributed by atoms with Gasteiger partial charge in [0.1, 0.15) is 0 Å². The Bertz CT molecular complexity index is 8970. The Balaban J connectivity index is 0.000000111. The smallest absolute Gasteiger partial charge is 0.164 e. The van der Waals surface area contributed by atoms with E-state index in [4.69, 9.17) is 44.9 Å². The predicted octanol–water partition coefficient (Wildman–Crippen LogP) is 32.3. The summed E-state index contributed by atoms with van der Waals surface area (Å²) in [6, 6.07) is 191. The minimum Gasteiger partial charge on any atom is -0.208 e. The molecule has 0 bridgehead atoms. The van der Waals surface area contributed by atoms with E-state index >= 15 is 0 Å². The summed E-state index contributed by atoms with van der Waals surface area (Å²) in [6.07, 6.45) is 0. The molecule has 0 atom stereocenters. The van der Waals surface area contributed by atoms with Crippen molar-refractivity contribution in [3.05, 3.63) is 607 Å². The maximum absolute atomic E-state index is 5.22. The van der Waals surface area contributed by atoms with Crippen LogP contribution in [0, 0.1) is 0 Å². The molecular weight excluding hydrogens is 1760 g/mol. The second-order valence-corrected chi connectivity index (χ2v) is 37.1. The third-order valence-corrected chi connectivity index (χ3v) is 29.2. The zero-order chi connectivity index (χ0) is 96.2. The molecule has 3 aromatic heterocycles. The molecule has 3 aliphatic rings. The van der Waals surface area contributed by atoms with E-state index in [0.29, 0.717) is 52.4 Å². The van der Waals surface area contributed by atoms with Gasteiger partial charge in [-0.25, -0.2) is 44.9 Å². The monoisotopic (exact) mass is 1850 g/mol. The topological polar surface area (TPSA) is 116 Å². The number of nitrogens with zero attached hydrogens (tertiary/aromatic N) is 9. The second-order valence-electron chi connectivity index (χ2n) is 37.1. The summed E-state index contributed by atoms with van der Waals surface area (Å²) in [5, 5.41) is 9.29. The number of benzene rings is 22. The molecule has 0 spiro atoms. The molecule has 0 aliphatic heterocycles. The minimum atomic E-state index is -0.517. The minimum absolute atomic E-state index is 0.469. The van der Waals surface area contributed by atoms with E-state index in [1.54, 1.807) is 0 Å². The van der Waals surface area contributed by atoms with E-state index < -0.39 is 16.2 Å². The number of hydrogen-bond donors (Lipinski definition) is 0. The van der Waals surface area contributed by atoms with E-state index in [0.717, 1.165) is 71.6 Å². The first-order chi connectivity index (χ1) is 71.9. The lowest BCUT2D eigenvalue weighted by Crippen LogP contribution is -2.28. The maximum Gasteiger partial charge on any atom is 0.164 e. The van der Waals surface area contributed by atoms with Gasteiger partial charge in [-0.2, -0.15) is 0 Å². The Morgan fingerprint density at radius 3 is 0.655 bits per heavy atom. The molecule has 0 radical (unpaired) electrons. The van der Waals surface area contributed by atoms with Crippen molar-refractivity contribution in [2.24, 2.45) is 0 Å². The molecule has 25 aromatic rings. The molecule has 28 rings (SSSR count). The lowest BCUT2D eigenvalue weighted by Gasteiger charge is -2.34. The van der Waals surface area contributed by atoms with Gasteiger partial charge in [0.15, 0.2) is 52.4 Å². The highest BCUT2D eigenvalue weighted by Gasteiger charge is 2.51. The van der Waals surface area contributed by atoms with Crippen LogP contribution in [0.2, 0.25) is 0 Å². The van der Waals surface area contributed by atoms with Crippen molar-refractivity contribution in [1.29, 1.82) is 0 Å². The summed E-state index contributed by atoms with van der Waals surface area (Å²) in [6.45, 7) is 0. The molecule has 0 unspecified atom stereocenters. The van der Waals surface area contributed by atoms with Crippen molar-refractivity contribution in [3.63, 3.8) is 0 Å². The number of rotatable bonds is 15. The SMILES string of the molecule is c1ccc(-c2nc(-c3ccc4ccccc4c3)nc(-c3cccc4c5c(ccc34)-c3ccccc3C5(c3ccccc3)c3ccccc3)n2)cc1.c1ccc(-c2nc(-c3ccccc3)nc(-c3ccc4c5c(ccc4c3)-c3ccccc3C5(c3ccccc3)c3ccccc3)n2)cc1.c1ccc(-c2nc(-c3ccccc3)nc(-c3cccc4c5c(ccc34)-c3ccccc3C5(c3ccccc3)c3ccccc3)n2)cc1. The summed E-state index contributed by atoms with van der Waals surface area (Å²) in [5.74, 6) is 5.89. The van der Waals surface area contributed by atoms with Crippen LogP contribution in [0.5, 0.6) is 0 Å². The zero-order valence-electron chi connectivity index (χ0n) is 78.9. The first-order valence-corrected chi connectivity index (χ1v) is 49.3. The van der Waals surface area contributed by atoms with Crippen LogP contribution in [0.25, 0.3) is 179 Å². The molecule has 0 saturated carbocycles. The van der Waals surface area contributed by atoms with Gasteiger partial charge in [-0.3, -0.25) is 0 Å². The zero-order valence-corrected chi connectivity index (χ0v) is 78.9. The van der Waals surface area contributed by atoms with Gasteiger partial charge >= 0.3 is 0 Å². The average molecular weight is 1850 g/mol. The van der Waals surface area contributed by atoms with Crippen molar-refractivity contribution in [3.8, 4) is 136 Å². The fourth-order valence-corrected chi connectivity index (χ4v) is 23.0. The Kier molecular flexibility index (Phi) is 21.8. The van der Waals surface area contributed by atoms with Gasteiger partial charge in [0, 0.05) is 50.1 Å². The molecule has 9 heteroatoms. The van der Waals surface area contributed by atoms with Crippen LogP contribution in [0.1, 0.15) is 66.8 Å². The summed E-state index contributed by atoms with van der Waals surface area (Å²) in [7, 11) is 0. The van der Waals surface area contributed by atoms with Crippen molar-refractivity contribution < 1.29 is 0 Å². The Hall–Kier alpha value is -19.1. The molecule has 0 fully saturated rings. The van der Waals surface area contributed by atoms with Gasteiger partial charge in [-0.15, -0.1) is 0 Å². The van der Waals surface area contributed by atoms with Crippen molar-refractivity contribution in [2.75, 3.05) is 0 Å². The lowest BCUT2D eigenvalue weighted by atomic mass is 9.66. The Morgan fingerprint density at radius 1 is 0.117 bits per heavy atom. The van der Waals surface area contributed by atoms with E-state index in [1.807, 2.05) is 115 Å². The molecule has 678 valence electrons. The largest absolute Gasteiger partial charge is 0.208 e. The van der Waals surface area contributed by atoms with E-state index in [-0.39, 0.29) is 0 Å². The van der Waals surface area contributed by atoms with Crippen molar-refractivity contribution in [2.45, 2.75) is 16.2 Å². The Morgan fingerprint density at radius 2 is 0.338 bits per heavy atom. The van der Waals surface area contributed by atoms with Crippen LogP contribution >= 0.6 is 0 Å². The van der Waals surface area contributed by atoms with Crippen LogP contribution < -0.4 is 0 Å². The normalized spacial score (nSPS) is 12.9. The van der Waals surface area contributed by atoms with Gasteiger partial charge in [0.25, 0.3) is 0 Å². The molecule has 9 nitrogen and oxygen atoms in total. The highest BCUT2D eigenvalue weighted by atomic mass is 15.1. The third-order valence-electron chi connectivity index (χ3n) is 29.2. The van der Waals surface area contributed by atoms with Gasteiger partial charge in [-0.05, 0) is 155 Å². The maximum atomic E-state index is 5.22. The summed E-state index contributed by atoms with van der Waals surface area (Å²) in [5.41, 5.74) is 30.0. The first-order valence-electron chi connectivity index (χ1n) is 49.3. The Labute approximate surface area is 840 Å². The molecule has 22 aromatic carbocycles. The first kappa shape index (κ1) is 86.3. The molecule has 0 saturated heterocycles. The van der Waals surface area contributed by atoms with Gasteiger partial charge in [0.2, 0.25) is 0 Å². The number of fused-ring (bicyclic) bond motifs is 16. The van der Waals surface area contributed by atoms with Crippen LogP contribution in [0.4, 0.5) is 0 Å². The van der Waals surface area contributed by atoms with Crippen molar-refractivity contribution >= 4 is 43.1 Å². The van der Waals surface area contributed by atoms with Crippen LogP contribution in [0.3, 0.4) is 0 Å². The van der Waals surface area contributed by atoms with E-state index in [1.165, 1.54) is 122 Å². The molecule has 3 aliphatic carbocycles. The predicted molar refractivity (Wildman–Crippen MR) is 590 cm³/mol. The summed E-state index contributed by atoms with van der Waals surface area (Å²) < 4.78 is 0. The van der Waals surface area contributed by atoms with Crippen LogP contribution in [0.15, 0.2) is 540 Å². The van der Waals surface area contributed by atoms with Gasteiger partial charge < -0.3 is 0 Å². The average Bonchev–Trinajstić information content (AvgIpc) is 1.54. The second kappa shape index (κ2) is 36.6. The lowest BCUT2D eigenvalue weighted by molar-refractivity contribution is 0.775. The number of aromatic nitrogens is 9. The van der Waals surface area contributed by atoms with Crippen LogP contribution in [-0.4, -0.2) is 44.9 Å². The molecular formula is C136H89N9. The third kappa shape index (κ3) is 14.7. The van der Waals surface area contributed by atoms with Crippen LogP contribution in [-0.2, 0) is 16.2 Å². The molecule has 0 N–H and O–H groups in total. The van der Waals surface area contributed by atoms with E-state index in [2.05, 4.69) is 425 Å². The van der Waals surface area contributed by atoms with Crippen molar-refractivity contribution in [1.82, 2.24) is 44.9 Å². The van der Waals surface area contributed by atoms with Gasteiger partial charge in [0.05, 0.1) is 16.2 Å². The molecule has 145 heavy (non-hydrogen) atoms. The highest BCUT2D eigenvalue weighted by Crippen LogP contribution is 2.63. The quantitative estimate of drug-likeness (QED) is 0.0989. The highest BCUT2D eigenvalue weighted by molar-refractivity contribution is 6.08. The summed E-state index contributed by atoms with van der Waals surface area (Å²) in [4.78, 5) is 45.5. The van der Waals surface area contributed by atoms with Gasteiger partial charge in [-0.1, -0.05) is 528 Å². The molecule has 0 amide bonds. The standard InChI is InChI=1S/C48H31N3.2C44H29N3/c1-4-16-33(17-5-1)45-49-46(35-28-27-32-15-10-11-18-34(32)31-35)51-47(50-45)42-25-14-24-40-38(42)29-30-41-39-23-12-13-26-43(39)48(44(40)41,36-19-6-2-7-20-36)37-21-8-3-9-22-37;1-5-16-30(17-6-1)41-45-42(31-18-7-2-8-19-31)47-43(46-41)38-26-15-25-36-34(38)28-29-37-35-24-13-14-27-39(35)44(40(36)37,32-20-9-3-10-21-32)33-22-11-4-12-23-33;1-5-15-30(16-6-1)41-45-42(31-17-7-2-8-18-31)47-43(46-41)33-26-27-36-32(29-33)25-28-38-37-23-13-14-24-39(37)44(40(36)38,34-19-9-3-10-20-34)35-21-11-4-12-22-35/h1-31H;2*1-29H. The fourth-order valence-electron chi connectivity index (χ4n) is 23.0.